The Morgan fingerprint density at radius 2 is 2.29 bits per heavy atom. The number of hydrogen-bond acceptors (Lipinski definition) is 4. The second-order valence-electron chi connectivity index (χ2n) is 3.37. The molecule has 0 aliphatic heterocycles. The first-order valence-electron chi connectivity index (χ1n) is 5.02. The zero-order valence-electron chi connectivity index (χ0n) is 9.26. The van der Waals surface area contributed by atoms with Gasteiger partial charge in [0, 0.05) is 25.0 Å². The summed E-state index contributed by atoms with van der Waals surface area (Å²) in [7, 11) is 1.62. The fourth-order valence-electron chi connectivity index (χ4n) is 1.47. The molecule has 1 aromatic heterocycles. The minimum atomic E-state index is -0.401. The van der Waals surface area contributed by atoms with Gasteiger partial charge in [0.05, 0.1) is 17.4 Å². The average molecular weight is 230 g/mol. The van der Waals surface area contributed by atoms with Gasteiger partial charge in [-0.3, -0.25) is 9.98 Å². The third kappa shape index (κ3) is 2.13. The van der Waals surface area contributed by atoms with E-state index in [1.165, 1.54) is 12.3 Å². The van der Waals surface area contributed by atoms with Gasteiger partial charge in [0.25, 0.3) is 0 Å². The molecular formula is C12H11FN4. The topological polar surface area (TPSA) is 64.2 Å². The predicted octanol–water partition coefficient (Wildman–Crippen LogP) is 1.77. The molecule has 2 aromatic rings. The van der Waals surface area contributed by atoms with Crippen LogP contribution < -0.4 is 5.73 Å². The third-order valence-corrected chi connectivity index (χ3v) is 2.27. The quantitative estimate of drug-likeness (QED) is 0.799. The first-order valence-corrected chi connectivity index (χ1v) is 5.02. The van der Waals surface area contributed by atoms with Gasteiger partial charge in [-0.1, -0.05) is 6.07 Å². The van der Waals surface area contributed by atoms with Crippen LogP contribution >= 0.6 is 0 Å². The number of aliphatic imine (C=N–C) groups is 1. The Bertz CT molecular complexity index is 604. The Morgan fingerprint density at radius 3 is 3.00 bits per heavy atom. The van der Waals surface area contributed by atoms with Crippen LogP contribution in [-0.2, 0) is 0 Å². The van der Waals surface area contributed by atoms with Gasteiger partial charge in [-0.15, -0.1) is 0 Å². The van der Waals surface area contributed by atoms with E-state index in [2.05, 4.69) is 15.0 Å². The molecule has 0 saturated carbocycles. The van der Waals surface area contributed by atoms with Crippen LogP contribution in [0.5, 0.6) is 0 Å². The molecule has 0 aliphatic rings. The van der Waals surface area contributed by atoms with Crippen molar-refractivity contribution in [3.05, 3.63) is 42.1 Å². The van der Waals surface area contributed by atoms with Gasteiger partial charge in [-0.25, -0.2) is 9.37 Å². The van der Waals surface area contributed by atoms with Crippen molar-refractivity contribution < 1.29 is 4.39 Å². The molecule has 0 bridgehead atoms. The Kier molecular flexibility index (Phi) is 3.09. The molecule has 2 N–H and O–H groups in total. The van der Waals surface area contributed by atoms with Gasteiger partial charge < -0.3 is 5.73 Å². The third-order valence-electron chi connectivity index (χ3n) is 2.27. The van der Waals surface area contributed by atoms with Gasteiger partial charge in [0.15, 0.2) is 5.82 Å². The van der Waals surface area contributed by atoms with E-state index in [0.717, 1.165) is 0 Å². The Hall–Kier alpha value is -2.30. The van der Waals surface area contributed by atoms with Crippen LogP contribution in [0.1, 0.15) is 5.69 Å². The van der Waals surface area contributed by atoms with Crippen molar-refractivity contribution in [2.24, 2.45) is 10.7 Å². The second kappa shape index (κ2) is 4.69. The van der Waals surface area contributed by atoms with Crippen LogP contribution in [0.15, 0.2) is 35.6 Å². The lowest BCUT2D eigenvalue weighted by Gasteiger charge is -2.02. The van der Waals surface area contributed by atoms with E-state index in [1.54, 1.807) is 31.6 Å². The Labute approximate surface area is 97.7 Å². The standard InChI is InChI=1S/C12H11FN4/c1-15-6-8(5-14)11-7-16-10-4-2-3-9(13)12(10)17-11/h2-7H,14H2,1H3. The molecule has 0 fully saturated rings. The summed E-state index contributed by atoms with van der Waals surface area (Å²) < 4.78 is 13.5. The number of allylic oxidation sites excluding steroid dienone is 1. The lowest BCUT2D eigenvalue weighted by molar-refractivity contribution is 0.636. The normalized spacial score (nSPS) is 12.5. The van der Waals surface area contributed by atoms with Crippen molar-refractivity contribution in [1.82, 2.24) is 9.97 Å². The van der Waals surface area contributed by atoms with E-state index < -0.39 is 5.82 Å². The molecule has 0 radical (unpaired) electrons. The largest absolute Gasteiger partial charge is 0.404 e. The van der Waals surface area contributed by atoms with Gasteiger partial charge >= 0.3 is 0 Å². The van der Waals surface area contributed by atoms with E-state index in [-0.39, 0.29) is 5.52 Å². The molecule has 1 aromatic carbocycles. The minimum absolute atomic E-state index is 0.230. The maximum atomic E-state index is 13.5. The number of benzene rings is 1. The highest BCUT2D eigenvalue weighted by Gasteiger charge is 2.06. The van der Waals surface area contributed by atoms with Crippen LogP contribution in [0, 0.1) is 5.82 Å². The molecule has 0 atom stereocenters. The Balaban J connectivity index is 2.62. The van der Waals surface area contributed by atoms with Crippen LogP contribution in [-0.4, -0.2) is 23.2 Å². The van der Waals surface area contributed by atoms with Crippen molar-refractivity contribution >= 4 is 22.8 Å². The summed E-state index contributed by atoms with van der Waals surface area (Å²) in [5, 5.41) is 0. The zero-order chi connectivity index (χ0) is 12.3. The molecule has 0 unspecified atom stereocenters. The summed E-state index contributed by atoms with van der Waals surface area (Å²) in [5.74, 6) is -0.401. The molecule has 0 amide bonds. The molecule has 1 heterocycles. The lowest BCUT2D eigenvalue weighted by atomic mass is 10.2. The molecule has 86 valence electrons. The first kappa shape index (κ1) is 11.2. The molecule has 4 nitrogen and oxygen atoms in total. The van der Waals surface area contributed by atoms with Crippen molar-refractivity contribution in [3.8, 4) is 0 Å². The molecular weight excluding hydrogens is 219 g/mol. The highest BCUT2D eigenvalue weighted by atomic mass is 19.1. The van der Waals surface area contributed by atoms with Crippen molar-refractivity contribution in [2.45, 2.75) is 0 Å². The number of rotatable bonds is 2. The van der Waals surface area contributed by atoms with Crippen molar-refractivity contribution in [1.29, 1.82) is 0 Å². The summed E-state index contributed by atoms with van der Waals surface area (Å²) in [6.45, 7) is 0. The van der Waals surface area contributed by atoms with Crippen molar-refractivity contribution in [2.75, 3.05) is 7.05 Å². The highest BCUT2D eigenvalue weighted by Crippen LogP contribution is 2.16. The van der Waals surface area contributed by atoms with Gasteiger partial charge in [0.1, 0.15) is 5.52 Å². The van der Waals surface area contributed by atoms with E-state index in [1.807, 2.05) is 0 Å². The monoisotopic (exact) mass is 230 g/mol. The summed E-state index contributed by atoms with van der Waals surface area (Å²) in [6.07, 6.45) is 4.46. The zero-order valence-corrected chi connectivity index (χ0v) is 9.26. The van der Waals surface area contributed by atoms with Crippen LogP contribution in [0.2, 0.25) is 0 Å². The summed E-state index contributed by atoms with van der Waals surface area (Å²) in [5.41, 5.74) is 7.30. The molecule has 0 saturated heterocycles. The second-order valence-corrected chi connectivity index (χ2v) is 3.37. The smallest absolute Gasteiger partial charge is 0.151 e. The van der Waals surface area contributed by atoms with E-state index in [9.17, 15) is 4.39 Å². The number of nitrogens with zero attached hydrogens (tertiary/aromatic N) is 3. The van der Waals surface area contributed by atoms with Crippen molar-refractivity contribution in [3.63, 3.8) is 0 Å². The molecule has 17 heavy (non-hydrogen) atoms. The fourth-order valence-corrected chi connectivity index (χ4v) is 1.47. The number of aromatic nitrogens is 2. The first-order chi connectivity index (χ1) is 8.26. The van der Waals surface area contributed by atoms with Crippen LogP contribution in [0.25, 0.3) is 16.6 Å². The van der Waals surface area contributed by atoms with E-state index in [4.69, 9.17) is 5.73 Å². The minimum Gasteiger partial charge on any atom is -0.404 e. The molecule has 5 heteroatoms. The number of fused-ring (bicyclic) bond motifs is 1. The molecule has 2 rings (SSSR count). The van der Waals surface area contributed by atoms with Crippen LogP contribution in [0.4, 0.5) is 4.39 Å². The SMILES string of the molecule is CN=CC(=CN)c1cnc2cccc(F)c2n1. The Morgan fingerprint density at radius 1 is 1.47 bits per heavy atom. The number of para-hydroxylation sites is 1. The summed E-state index contributed by atoms with van der Waals surface area (Å²) in [6, 6.07) is 4.65. The lowest BCUT2D eigenvalue weighted by Crippen LogP contribution is -1.97. The molecule has 0 spiro atoms. The van der Waals surface area contributed by atoms with Gasteiger partial charge in [-0.2, -0.15) is 0 Å². The van der Waals surface area contributed by atoms with Gasteiger partial charge in [-0.05, 0) is 12.1 Å². The highest BCUT2D eigenvalue weighted by molar-refractivity contribution is 6.09. The average Bonchev–Trinajstić information content (AvgIpc) is 2.36. The maximum absolute atomic E-state index is 13.5. The molecule has 0 aliphatic carbocycles. The maximum Gasteiger partial charge on any atom is 0.151 e. The number of halogens is 1. The number of hydrogen-bond donors (Lipinski definition) is 1. The van der Waals surface area contributed by atoms with Crippen LogP contribution in [0.3, 0.4) is 0 Å². The fraction of sp³-hybridized carbons (Fsp3) is 0.0833. The van der Waals surface area contributed by atoms with E-state index in [0.29, 0.717) is 16.8 Å². The summed E-state index contributed by atoms with van der Waals surface area (Å²) in [4.78, 5) is 12.2. The number of nitrogens with two attached hydrogens (primary N) is 1. The summed E-state index contributed by atoms with van der Waals surface area (Å²) >= 11 is 0. The van der Waals surface area contributed by atoms with E-state index >= 15 is 0 Å². The predicted molar refractivity (Wildman–Crippen MR) is 66.1 cm³/mol. The van der Waals surface area contributed by atoms with Gasteiger partial charge in [0.2, 0.25) is 0 Å².